The van der Waals surface area contributed by atoms with Gasteiger partial charge in [-0.3, -0.25) is 4.79 Å². The number of urea groups is 1. The van der Waals surface area contributed by atoms with Crippen LogP contribution >= 0.6 is 11.6 Å². The highest BCUT2D eigenvalue weighted by Crippen LogP contribution is 2.27. The minimum atomic E-state index is -0.286. The number of hydrogen-bond acceptors (Lipinski definition) is 6. The molecule has 6 rings (SSSR count). The summed E-state index contributed by atoms with van der Waals surface area (Å²) in [5.41, 5.74) is 3.07. The highest BCUT2D eigenvalue weighted by Gasteiger charge is 2.32. The van der Waals surface area contributed by atoms with Crippen molar-refractivity contribution >= 4 is 35.3 Å². The highest BCUT2D eigenvalue weighted by molar-refractivity contribution is 6.32. The van der Waals surface area contributed by atoms with Gasteiger partial charge in [0.1, 0.15) is 5.75 Å². The number of aromatic hydroxyl groups is 1. The van der Waals surface area contributed by atoms with E-state index in [-0.39, 0.29) is 35.7 Å². The number of phenolic OH excluding ortho intramolecular Hbond substituents is 1. The van der Waals surface area contributed by atoms with Crippen LogP contribution in [0.25, 0.3) is 0 Å². The second-order valence-corrected chi connectivity index (χ2v) is 13.7. The first kappa shape index (κ1) is 34.8. The largest absolute Gasteiger partial charge is 0.506 e. The van der Waals surface area contributed by atoms with Crippen LogP contribution in [0.5, 0.6) is 5.75 Å². The SMILES string of the molecule is COC(=O)N1CCC(N2CCc3ccccc3NC2=O)CC1.C[C@H](Cc1ccc(O)c(Cl)c1)C(=O)N1CCC(N2CCCCC2)CC1. The Hall–Kier alpha value is -3.50. The van der Waals surface area contributed by atoms with Crippen molar-refractivity contribution in [2.75, 3.05) is 58.2 Å². The first-order valence-electron chi connectivity index (χ1n) is 17.2. The lowest BCUT2D eigenvalue weighted by molar-refractivity contribution is -0.136. The molecule has 0 radical (unpaired) electrons. The Morgan fingerprint density at radius 3 is 2.26 bits per heavy atom. The molecule has 47 heavy (non-hydrogen) atoms. The van der Waals surface area contributed by atoms with Crippen LogP contribution in [0.4, 0.5) is 15.3 Å². The van der Waals surface area contributed by atoms with Crippen molar-refractivity contribution < 1.29 is 24.2 Å². The van der Waals surface area contributed by atoms with Gasteiger partial charge in [0.15, 0.2) is 0 Å². The summed E-state index contributed by atoms with van der Waals surface area (Å²) in [6, 6.07) is 13.9. The third-order valence-electron chi connectivity index (χ3n) is 10.1. The van der Waals surface area contributed by atoms with Gasteiger partial charge < -0.3 is 34.8 Å². The molecule has 0 saturated carbocycles. The molecule has 4 heterocycles. The number of nitrogens with one attached hydrogen (secondary N) is 1. The monoisotopic (exact) mass is 667 g/mol. The number of likely N-dealkylation sites (tertiary alicyclic amines) is 3. The van der Waals surface area contributed by atoms with E-state index < -0.39 is 0 Å². The van der Waals surface area contributed by atoms with Crippen molar-refractivity contribution in [3.05, 3.63) is 58.6 Å². The molecular formula is C36H50ClN5O5. The Morgan fingerprint density at radius 2 is 1.57 bits per heavy atom. The van der Waals surface area contributed by atoms with Crippen LogP contribution in [-0.2, 0) is 22.4 Å². The maximum Gasteiger partial charge on any atom is 0.409 e. The van der Waals surface area contributed by atoms with Gasteiger partial charge in [0.2, 0.25) is 5.91 Å². The van der Waals surface area contributed by atoms with Crippen LogP contribution in [0.15, 0.2) is 42.5 Å². The van der Waals surface area contributed by atoms with Gasteiger partial charge in [-0.15, -0.1) is 0 Å². The lowest BCUT2D eigenvalue weighted by Gasteiger charge is -2.40. The number of ether oxygens (including phenoxy) is 1. The van der Waals surface area contributed by atoms with E-state index in [9.17, 15) is 19.5 Å². The summed E-state index contributed by atoms with van der Waals surface area (Å²) in [6.45, 7) is 8.18. The van der Waals surface area contributed by atoms with E-state index in [2.05, 4.69) is 16.3 Å². The van der Waals surface area contributed by atoms with Crippen LogP contribution in [0.2, 0.25) is 5.02 Å². The van der Waals surface area contributed by atoms with Gasteiger partial charge in [0.05, 0.1) is 12.1 Å². The van der Waals surface area contributed by atoms with Crippen LogP contribution in [0.1, 0.15) is 63.0 Å². The zero-order valence-electron chi connectivity index (χ0n) is 27.8. The molecule has 3 saturated heterocycles. The zero-order valence-corrected chi connectivity index (χ0v) is 28.6. The van der Waals surface area contributed by atoms with Gasteiger partial charge in [0, 0.05) is 56.4 Å². The number of carbonyl (C=O) groups excluding carboxylic acids is 3. The zero-order chi connectivity index (χ0) is 33.3. The minimum Gasteiger partial charge on any atom is -0.506 e. The second kappa shape index (κ2) is 16.6. The average molecular weight is 668 g/mol. The minimum absolute atomic E-state index is 0.0403. The van der Waals surface area contributed by atoms with Crippen LogP contribution in [0.3, 0.4) is 0 Å². The molecule has 0 unspecified atom stereocenters. The smallest absolute Gasteiger partial charge is 0.409 e. The fourth-order valence-electron chi connectivity index (χ4n) is 7.39. The Morgan fingerprint density at radius 1 is 0.915 bits per heavy atom. The van der Waals surface area contributed by atoms with E-state index in [1.165, 1.54) is 45.0 Å². The Labute approximate surface area is 284 Å². The van der Waals surface area contributed by atoms with Crippen LogP contribution in [0, 0.1) is 5.92 Å². The predicted octanol–water partition coefficient (Wildman–Crippen LogP) is 6.01. The number of hydrogen-bond donors (Lipinski definition) is 2. The summed E-state index contributed by atoms with van der Waals surface area (Å²) in [4.78, 5) is 45.0. The first-order valence-corrected chi connectivity index (χ1v) is 17.6. The number of carbonyl (C=O) groups is 3. The number of rotatable bonds is 5. The molecule has 0 bridgehead atoms. The van der Waals surface area contributed by atoms with E-state index in [0.717, 1.165) is 56.4 Å². The van der Waals surface area contributed by atoms with Crippen molar-refractivity contribution in [3.63, 3.8) is 0 Å². The summed E-state index contributed by atoms with van der Waals surface area (Å²) in [6.07, 6.45) is 9.02. The summed E-state index contributed by atoms with van der Waals surface area (Å²) in [7, 11) is 1.40. The third kappa shape index (κ3) is 9.11. The summed E-state index contributed by atoms with van der Waals surface area (Å²) < 4.78 is 4.75. The third-order valence-corrected chi connectivity index (χ3v) is 10.4. The lowest BCUT2D eigenvalue weighted by Crippen LogP contribution is -2.50. The van der Waals surface area contributed by atoms with E-state index in [1.807, 2.05) is 41.0 Å². The second-order valence-electron chi connectivity index (χ2n) is 13.3. The first-order chi connectivity index (χ1) is 22.7. The molecule has 0 aliphatic carbocycles. The number of halogens is 1. The quantitative estimate of drug-likeness (QED) is 0.405. The number of methoxy groups -OCH3 is 1. The van der Waals surface area contributed by atoms with Crippen molar-refractivity contribution in [1.29, 1.82) is 0 Å². The van der Waals surface area contributed by atoms with Gasteiger partial charge in [0.25, 0.3) is 0 Å². The summed E-state index contributed by atoms with van der Waals surface area (Å²) >= 11 is 5.97. The lowest BCUT2D eigenvalue weighted by atomic mass is 9.96. The Bertz CT molecular complexity index is 1370. The molecule has 4 aliphatic heterocycles. The predicted molar refractivity (Wildman–Crippen MR) is 184 cm³/mol. The Kier molecular flexibility index (Phi) is 12.3. The molecular weight excluding hydrogens is 618 g/mol. The number of anilines is 1. The number of para-hydroxylation sites is 1. The molecule has 4 aliphatic rings. The molecule has 0 spiro atoms. The van der Waals surface area contributed by atoms with Gasteiger partial charge in [-0.05, 0) is 93.8 Å². The Balaban J connectivity index is 0.000000186. The van der Waals surface area contributed by atoms with E-state index in [4.69, 9.17) is 16.3 Å². The molecule has 10 nitrogen and oxygen atoms in total. The maximum atomic E-state index is 12.8. The summed E-state index contributed by atoms with van der Waals surface area (Å²) in [5, 5.41) is 12.9. The van der Waals surface area contributed by atoms with Gasteiger partial charge in [-0.2, -0.15) is 0 Å². The van der Waals surface area contributed by atoms with Gasteiger partial charge in [-0.1, -0.05) is 49.2 Å². The molecule has 0 aromatic heterocycles. The number of phenols is 1. The number of benzene rings is 2. The van der Waals surface area contributed by atoms with Crippen molar-refractivity contribution in [3.8, 4) is 5.75 Å². The molecule has 2 aromatic rings. The molecule has 2 N–H and O–H groups in total. The molecule has 256 valence electrons. The molecule has 2 aromatic carbocycles. The molecule has 11 heteroatoms. The van der Waals surface area contributed by atoms with Crippen LogP contribution < -0.4 is 5.32 Å². The number of amides is 4. The molecule has 3 fully saturated rings. The fourth-order valence-corrected chi connectivity index (χ4v) is 7.60. The normalized spacial score (nSPS) is 20.3. The standard InChI is InChI=1S/C20H29ClN2O2.C16H21N3O3/c1-15(13-16-5-6-19(24)18(21)14-16)20(25)23-11-7-17(8-12-23)22-9-3-2-4-10-22;1-22-16(21)18-9-7-13(8-10-18)19-11-6-12-4-2-3-5-14(12)17-15(19)20/h5-6,14-15,17,24H,2-4,7-13H2,1H3;2-5,13H,6-11H2,1H3,(H,17,20)/t15-;/m1./s1. The van der Waals surface area contributed by atoms with Gasteiger partial charge in [-0.25, -0.2) is 9.59 Å². The van der Waals surface area contributed by atoms with E-state index in [1.54, 1.807) is 17.0 Å². The van der Waals surface area contributed by atoms with Crippen LogP contribution in [-0.4, -0.2) is 108 Å². The average Bonchev–Trinajstić information content (AvgIpc) is 3.28. The molecule has 1 atom stereocenters. The number of fused-ring (bicyclic) bond motifs is 1. The fraction of sp³-hybridized carbons (Fsp3) is 0.583. The number of piperidine rings is 3. The van der Waals surface area contributed by atoms with E-state index >= 15 is 0 Å². The van der Waals surface area contributed by atoms with Crippen molar-refractivity contribution in [2.45, 2.75) is 76.8 Å². The van der Waals surface area contributed by atoms with Crippen molar-refractivity contribution in [2.24, 2.45) is 5.92 Å². The highest BCUT2D eigenvalue weighted by atomic mass is 35.5. The van der Waals surface area contributed by atoms with E-state index in [0.29, 0.717) is 37.1 Å². The summed E-state index contributed by atoms with van der Waals surface area (Å²) in [5.74, 6) is 0.262. The van der Waals surface area contributed by atoms with Gasteiger partial charge >= 0.3 is 12.1 Å². The number of nitrogens with zero attached hydrogens (tertiary/aromatic N) is 4. The topological polar surface area (TPSA) is 106 Å². The molecule has 4 amide bonds. The maximum absolute atomic E-state index is 12.8. The van der Waals surface area contributed by atoms with Crippen molar-refractivity contribution in [1.82, 2.24) is 19.6 Å².